The zero-order valence-electron chi connectivity index (χ0n) is 20.7. The zero-order valence-corrected chi connectivity index (χ0v) is 22.4. The minimum atomic E-state index is -0.470. The number of carbonyl (C=O) groups excluding carboxylic acids is 3. The molecule has 4 rings (SSSR count). The molecule has 4 aromatic rings. The molecule has 0 saturated heterocycles. The maximum absolute atomic E-state index is 13.3. The molecule has 0 aliphatic rings. The second kappa shape index (κ2) is 12.8. The third-order valence-electron chi connectivity index (χ3n) is 5.12. The van der Waals surface area contributed by atoms with Gasteiger partial charge in [-0.2, -0.15) is 0 Å². The van der Waals surface area contributed by atoms with Gasteiger partial charge in [-0.05, 0) is 55.8 Å². The topological polar surface area (TPSA) is 113 Å². The van der Waals surface area contributed by atoms with E-state index in [1.807, 2.05) is 50.2 Å². The van der Waals surface area contributed by atoms with Crippen LogP contribution < -0.4 is 16.0 Å². The van der Waals surface area contributed by atoms with Crippen molar-refractivity contribution < 1.29 is 14.4 Å². The molecule has 0 aliphatic carbocycles. The second-order valence-electron chi connectivity index (χ2n) is 8.24. The van der Waals surface area contributed by atoms with Crippen LogP contribution in [0.2, 0.25) is 0 Å². The molecule has 10 heteroatoms. The van der Waals surface area contributed by atoms with E-state index in [0.29, 0.717) is 16.4 Å². The van der Waals surface area contributed by atoms with E-state index in [4.69, 9.17) is 0 Å². The average molecular weight is 544 g/mol. The molecule has 192 valence electrons. The van der Waals surface area contributed by atoms with Crippen LogP contribution in [0, 0.1) is 13.8 Å². The summed E-state index contributed by atoms with van der Waals surface area (Å²) in [6.45, 7) is 3.77. The van der Waals surface area contributed by atoms with Gasteiger partial charge in [-0.3, -0.25) is 19.7 Å². The van der Waals surface area contributed by atoms with E-state index in [1.54, 1.807) is 48.5 Å². The molecule has 1 aromatic heterocycles. The zero-order chi connectivity index (χ0) is 26.9. The number of carbonyl (C=O) groups is 3. The van der Waals surface area contributed by atoms with E-state index < -0.39 is 5.91 Å². The number of nitrogens with zero attached hydrogens (tertiary/aromatic N) is 2. The number of aromatic nitrogens is 2. The predicted molar refractivity (Wildman–Crippen MR) is 152 cm³/mol. The highest BCUT2D eigenvalue weighted by Gasteiger charge is 2.16. The van der Waals surface area contributed by atoms with Gasteiger partial charge in [0.25, 0.3) is 11.8 Å². The van der Waals surface area contributed by atoms with Crippen molar-refractivity contribution in [2.45, 2.75) is 18.7 Å². The van der Waals surface area contributed by atoms with Crippen LogP contribution in [-0.2, 0) is 9.59 Å². The van der Waals surface area contributed by atoms with Crippen LogP contribution in [0.1, 0.15) is 26.5 Å². The van der Waals surface area contributed by atoms with Gasteiger partial charge in [-0.1, -0.05) is 65.4 Å². The van der Waals surface area contributed by atoms with Gasteiger partial charge in [0.05, 0.1) is 5.75 Å². The van der Waals surface area contributed by atoms with Gasteiger partial charge in [0.15, 0.2) is 0 Å². The number of aryl methyl sites for hydroxylation is 2. The summed E-state index contributed by atoms with van der Waals surface area (Å²) in [5, 5.41) is 17.3. The summed E-state index contributed by atoms with van der Waals surface area (Å²) in [6, 6.07) is 23.5. The summed E-state index contributed by atoms with van der Waals surface area (Å²) in [6.07, 6.45) is 1.64. The van der Waals surface area contributed by atoms with Crippen LogP contribution in [0.25, 0.3) is 6.08 Å². The molecule has 0 fully saturated rings. The number of thioether (sulfide) groups is 1. The van der Waals surface area contributed by atoms with E-state index in [1.165, 1.54) is 23.1 Å². The summed E-state index contributed by atoms with van der Waals surface area (Å²) in [7, 11) is 0. The molecule has 38 heavy (non-hydrogen) atoms. The fourth-order valence-electron chi connectivity index (χ4n) is 3.38. The first kappa shape index (κ1) is 26.8. The molecule has 0 atom stereocenters. The van der Waals surface area contributed by atoms with Crippen LogP contribution in [-0.4, -0.2) is 33.7 Å². The van der Waals surface area contributed by atoms with Crippen molar-refractivity contribution >= 4 is 57.7 Å². The highest BCUT2D eigenvalue weighted by molar-refractivity contribution is 8.00. The molecule has 0 radical (unpaired) electrons. The molecular weight excluding hydrogens is 518 g/mol. The summed E-state index contributed by atoms with van der Waals surface area (Å²) in [5.74, 6) is -0.891. The number of anilines is 2. The van der Waals surface area contributed by atoms with Gasteiger partial charge in [0.2, 0.25) is 11.0 Å². The van der Waals surface area contributed by atoms with Gasteiger partial charge in [-0.25, -0.2) is 0 Å². The highest BCUT2D eigenvalue weighted by Crippen LogP contribution is 2.23. The van der Waals surface area contributed by atoms with Crippen molar-refractivity contribution in [1.82, 2.24) is 15.5 Å². The largest absolute Gasteiger partial charge is 0.321 e. The van der Waals surface area contributed by atoms with Crippen molar-refractivity contribution in [2.75, 3.05) is 16.4 Å². The summed E-state index contributed by atoms with van der Waals surface area (Å²) in [5.41, 5.74) is 2.89. The van der Waals surface area contributed by atoms with Gasteiger partial charge < -0.3 is 10.6 Å². The lowest BCUT2D eigenvalue weighted by atomic mass is 10.1. The van der Waals surface area contributed by atoms with Crippen molar-refractivity contribution in [3.8, 4) is 0 Å². The Hall–Kier alpha value is -4.28. The molecule has 0 saturated carbocycles. The van der Waals surface area contributed by atoms with Crippen molar-refractivity contribution in [1.29, 1.82) is 0 Å². The van der Waals surface area contributed by atoms with Gasteiger partial charge in [0, 0.05) is 16.1 Å². The van der Waals surface area contributed by atoms with E-state index >= 15 is 0 Å². The maximum Gasteiger partial charge on any atom is 0.272 e. The van der Waals surface area contributed by atoms with Gasteiger partial charge in [-0.15, -0.1) is 22.0 Å². The molecule has 0 bridgehead atoms. The van der Waals surface area contributed by atoms with Crippen LogP contribution >= 0.6 is 23.1 Å². The van der Waals surface area contributed by atoms with Crippen LogP contribution in [0.3, 0.4) is 0 Å². The lowest BCUT2D eigenvalue weighted by Gasteiger charge is -2.12. The quantitative estimate of drug-likeness (QED) is 0.195. The Morgan fingerprint density at radius 1 is 0.895 bits per heavy atom. The van der Waals surface area contributed by atoms with Gasteiger partial charge >= 0.3 is 0 Å². The SMILES string of the molecule is Cc1cccc(/C=C(/NC(=O)c2ccccc2)C(=O)Nc2cccc(SCC(=O)Nc3nnc(C)s3)c2)c1. The standard InChI is InChI=1S/C28H25N5O3S2/c1-18-8-6-9-20(14-18)15-24(30-26(35)21-10-4-3-5-11-21)27(36)29-22-12-7-13-23(16-22)37-17-25(34)31-28-33-32-19(2)38-28/h3-16H,17H2,1-2H3,(H,29,36)(H,30,35)(H,31,33,34)/b24-15+. The van der Waals surface area contributed by atoms with Crippen LogP contribution in [0.15, 0.2) is 89.5 Å². The molecule has 3 N–H and O–H groups in total. The van der Waals surface area contributed by atoms with E-state index in [-0.39, 0.29) is 23.3 Å². The Kier molecular flexibility index (Phi) is 9.02. The molecule has 0 aliphatic heterocycles. The second-order valence-corrected chi connectivity index (χ2v) is 10.5. The number of hydrogen-bond donors (Lipinski definition) is 3. The molecule has 3 aromatic carbocycles. The van der Waals surface area contributed by atoms with Crippen molar-refractivity contribution in [2.24, 2.45) is 0 Å². The van der Waals surface area contributed by atoms with Crippen molar-refractivity contribution in [3.05, 3.63) is 106 Å². The molecule has 1 heterocycles. The minimum absolute atomic E-state index is 0.106. The fourth-order valence-corrected chi connectivity index (χ4v) is 4.75. The first-order valence-corrected chi connectivity index (χ1v) is 13.4. The van der Waals surface area contributed by atoms with Crippen LogP contribution in [0.4, 0.5) is 10.8 Å². The summed E-state index contributed by atoms with van der Waals surface area (Å²) >= 11 is 2.63. The normalized spacial score (nSPS) is 11.1. The van der Waals surface area contributed by atoms with Crippen molar-refractivity contribution in [3.63, 3.8) is 0 Å². The third-order valence-corrected chi connectivity index (χ3v) is 6.86. The summed E-state index contributed by atoms with van der Waals surface area (Å²) in [4.78, 5) is 39.1. The first-order valence-electron chi connectivity index (χ1n) is 11.6. The smallest absolute Gasteiger partial charge is 0.272 e. The first-order chi connectivity index (χ1) is 18.4. The number of amides is 3. The average Bonchev–Trinajstić information content (AvgIpc) is 3.32. The Labute approximate surface area is 228 Å². The summed E-state index contributed by atoms with van der Waals surface area (Å²) < 4.78 is 0. The molecule has 8 nitrogen and oxygen atoms in total. The molecular formula is C28H25N5O3S2. The van der Waals surface area contributed by atoms with E-state index in [9.17, 15) is 14.4 Å². The highest BCUT2D eigenvalue weighted by atomic mass is 32.2. The predicted octanol–water partition coefficient (Wildman–Crippen LogP) is 5.30. The number of hydrogen-bond acceptors (Lipinski definition) is 7. The van der Waals surface area contributed by atoms with Gasteiger partial charge in [0.1, 0.15) is 10.7 Å². The lowest BCUT2D eigenvalue weighted by Crippen LogP contribution is -2.30. The Morgan fingerprint density at radius 3 is 2.42 bits per heavy atom. The number of benzene rings is 3. The molecule has 3 amide bonds. The third kappa shape index (κ3) is 7.86. The Morgan fingerprint density at radius 2 is 1.68 bits per heavy atom. The van der Waals surface area contributed by atoms with E-state index in [2.05, 4.69) is 26.1 Å². The molecule has 0 spiro atoms. The van der Waals surface area contributed by atoms with E-state index in [0.717, 1.165) is 21.0 Å². The fraction of sp³-hybridized carbons (Fsp3) is 0.107. The number of nitrogens with one attached hydrogen (secondary N) is 3. The van der Waals surface area contributed by atoms with Crippen LogP contribution in [0.5, 0.6) is 0 Å². The lowest BCUT2D eigenvalue weighted by molar-refractivity contribution is -0.114. The number of rotatable bonds is 9. The Bertz CT molecular complexity index is 1480. The monoisotopic (exact) mass is 543 g/mol. The Balaban J connectivity index is 1.45. The maximum atomic E-state index is 13.3. The molecule has 0 unspecified atom stereocenters. The minimum Gasteiger partial charge on any atom is -0.321 e.